The summed E-state index contributed by atoms with van der Waals surface area (Å²) in [6.07, 6.45) is 1.71. The Bertz CT molecular complexity index is 1090. The summed E-state index contributed by atoms with van der Waals surface area (Å²) in [7, 11) is -0.665. The molecule has 7 heteroatoms. The maximum absolute atomic E-state index is 14.3. The van der Waals surface area contributed by atoms with E-state index in [1.165, 1.54) is 13.2 Å². The van der Waals surface area contributed by atoms with Crippen LogP contribution >= 0.6 is 8.38 Å². The van der Waals surface area contributed by atoms with E-state index in [4.69, 9.17) is 4.74 Å². The van der Waals surface area contributed by atoms with Crippen LogP contribution in [0.2, 0.25) is 0 Å². The lowest BCUT2D eigenvalue weighted by atomic mass is 10.2. The molecule has 2 aromatic heterocycles. The maximum Gasteiger partial charge on any atom is 0.199 e. The molecular weight excluding hydrogens is 354 g/mol. The van der Waals surface area contributed by atoms with Crippen molar-refractivity contribution in [3.63, 3.8) is 0 Å². The van der Waals surface area contributed by atoms with E-state index >= 15 is 0 Å². The van der Waals surface area contributed by atoms with Gasteiger partial charge in [-0.1, -0.05) is 12.1 Å². The summed E-state index contributed by atoms with van der Waals surface area (Å²) in [5.41, 5.74) is 3.37. The van der Waals surface area contributed by atoms with E-state index in [0.717, 1.165) is 27.5 Å². The van der Waals surface area contributed by atoms with Crippen LogP contribution < -0.4 is 10.0 Å². The number of pyridine rings is 1. The number of benzene rings is 2. The average Bonchev–Trinajstić information content (AvgIpc) is 2.94. The van der Waals surface area contributed by atoms with Crippen LogP contribution in [-0.2, 0) is 6.54 Å². The third-order valence-electron chi connectivity index (χ3n) is 4.40. The number of aromatic nitrogens is 2. The molecule has 0 atom stereocenters. The molecule has 0 aliphatic heterocycles. The molecule has 0 fully saturated rings. The van der Waals surface area contributed by atoms with Crippen molar-refractivity contribution < 1.29 is 18.9 Å². The van der Waals surface area contributed by atoms with Crippen molar-refractivity contribution in [2.45, 2.75) is 6.54 Å². The number of fused-ring (bicyclic) bond motifs is 3. The molecule has 0 amide bonds. The lowest BCUT2D eigenvalue weighted by molar-refractivity contribution is 0.387. The van der Waals surface area contributed by atoms with Crippen LogP contribution in [0.15, 0.2) is 54.7 Å². The molecule has 0 aliphatic carbocycles. The Balaban J connectivity index is 1.88. The molecule has 2 N–H and O–H groups in total. The van der Waals surface area contributed by atoms with Gasteiger partial charge in [-0.3, -0.25) is 4.98 Å². The highest BCUT2D eigenvalue weighted by Crippen LogP contribution is 2.33. The van der Waals surface area contributed by atoms with Crippen LogP contribution in [0, 0.1) is 5.82 Å². The van der Waals surface area contributed by atoms with E-state index in [0.29, 0.717) is 11.8 Å². The topological polar surface area (TPSA) is 67.5 Å². The molecule has 0 radical (unpaired) electrons. The molecule has 2 aromatic carbocycles. The van der Waals surface area contributed by atoms with Gasteiger partial charge in [0.15, 0.2) is 19.9 Å². The Morgan fingerprint density at radius 1 is 1.12 bits per heavy atom. The summed E-state index contributed by atoms with van der Waals surface area (Å²) in [5.74, 6) is -0.239. The van der Waals surface area contributed by atoms with Gasteiger partial charge in [-0.25, -0.2) is 4.39 Å². The highest BCUT2D eigenvalue weighted by Gasteiger charge is 2.16. The second kappa shape index (κ2) is 6.65. The lowest BCUT2D eigenvalue weighted by Gasteiger charge is -2.09. The Kier molecular flexibility index (Phi) is 4.32. The van der Waals surface area contributed by atoms with E-state index in [9.17, 15) is 14.2 Å². The van der Waals surface area contributed by atoms with Crippen molar-refractivity contribution in [2.24, 2.45) is 0 Å². The van der Waals surface area contributed by atoms with Crippen LogP contribution in [-0.4, -0.2) is 26.4 Å². The van der Waals surface area contributed by atoms with E-state index in [1.807, 2.05) is 28.8 Å². The van der Waals surface area contributed by atoms with Gasteiger partial charge in [0.1, 0.15) is 0 Å². The number of nitrogens with zero attached hydrogens (tertiary/aromatic N) is 2. The van der Waals surface area contributed by atoms with Crippen molar-refractivity contribution in [3.05, 3.63) is 66.1 Å². The normalized spacial score (nSPS) is 11.6. The lowest BCUT2D eigenvalue weighted by Crippen LogP contribution is -2.03. The second-order valence-electron chi connectivity index (χ2n) is 5.92. The highest BCUT2D eigenvalue weighted by molar-refractivity contribution is 7.54. The van der Waals surface area contributed by atoms with Crippen molar-refractivity contribution >= 4 is 35.6 Å². The van der Waals surface area contributed by atoms with Crippen LogP contribution in [0.5, 0.6) is 5.75 Å². The number of halogens is 1. The van der Waals surface area contributed by atoms with Crippen molar-refractivity contribution in [2.75, 3.05) is 7.11 Å². The summed E-state index contributed by atoms with van der Waals surface area (Å²) < 4.78 is 21.4. The van der Waals surface area contributed by atoms with Gasteiger partial charge in [-0.2, -0.15) is 0 Å². The Morgan fingerprint density at radius 2 is 1.88 bits per heavy atom. The zero-order valence-electron chi connectivity index (χ0n) is 13.9. The maximum atomic E-state index is 14.3. The quantitative estimate of drug-likeness (QED) is 0.541. The third-order valence-corrected chi connectivity index (χ3v) is 5.16. The molecule has 0 saturated heterocycles. The monoisotopic (exact) mass is 370 g/mol. The van der Waals surface area contributed by atoms with Crippen molar-refractivity contribution in [1.82, 2.24) is 9.55 Å². The molecule has 4 aromatic rings. The minimum Gasteiger partial charge on any atom is -0.494 e. The fourth-order valence-electron chi connectivity index (χ4n) is 3.15. The van der Waals surface area contributed by atoms with Gasteiger partial charge in [-0.05, 0) is 35.9 Å². The van der Waals surface area contributed by atoms with E-state index in [-0.39, 0.29) is 5.75 Å². The van der Waals surface area contributed by atoms with Crippen LogP contribution in [0.25, 0.3) is 21.9 Å². The summed E-state index contributed by atoms with van der Waals surface area (Å²) >= 11 is 0. The number of methoxy groups -OCH3 is 1. The highest BCUT2D eigenvalue weighted by atomic mass is 31.2. The molecule has 0 bridgehead atoms. The first kappa shape index (κ1) is 16.9. The third kappa shape index (κ3) is 2.82. The van der Waals surface area contributed by atoms with E-state index in [1.54, 1.807) is 24.4 Å². The van der Waals surface area contributed by atoms with Crippen molar-refractivity contribution in [3.8, 4) is 5.75 Å². The molecule has 5 nitrogen and oxygen atoms in total. The SMILES string of the molecule is COc1cc2c3ncccc3n(Cc3ccc(P(O)O)cc3)c2cc1F. The smallest absolute Gasteiger partial charge is 0.199 e. The standard InChI is InChI=1S/C19H16FN2O3P/c1-25-18-9-14-17(10-15(18)20)22(16-3-2-8-21-19(14)16)11-12-4-6-13(7-5-12)26(23)24/h2-10,23-24H,11H2,1H3. The van der Waals surface area contributed by atoms with Gasteiger partial charge < -0.3 is 19.1 Å². The first-order valence-electron chi connectivity index (χ1n) is 7.96. The van der Waals surface area contributed by atoms with E-state index in [2.05, 4.69) is 4.98 Å². The molecule has 4 rings (SSSR count). The molecule has 132 valence electrons. The van der Waals surface area contributed by atoms with Crippen molar-refractivity contribution in [1.29, 1.82) is 0 Å². The van der Waals surface area contributed by atoms with Gasteiger partial charge in [0.2, 0.25) is 0 Å². The Hall–Kier alpha value is -2.53. The average molecular weight is 370 g/mol. The van der Waals surface area contributed by atoms with Gasteiger partial charge >= 0.3 is 0 Å². The first-order valence-corrected chi connectivity index (χ1v) is 9.20. The van der Waals surface area contributed by atoms with Gasteiger partial charge in [0.25, 0.3) is 0 Å². The number of ether oxygens (including phenoxy) is 1. The molecule has 2 heterocycles. The van der Waals surface area contributed by atoms with Crippen LogP contribution in [0.1, 0.15) is 5.56 Å². The fraction of sp³-hybridized carbons (Fsp3) is 0.105. The van der Waals surface area contributed by atoms with E-state index < -0.39 is 14.2 Å². The Labute approximate surface area is 150 Å². The minimum absolute atomic E-state index is 0.186. The van der Waals surface area contributed by atoms with Crippen LogP contribution in [0.4, 0.5) is 4.39 Å². The number of hydrogen-bond donors (Lipinski definition) is 2. The summed E-state index contributed by atoms with van der Waals surface area (Å²) in [5, 5.41) is 1.31. The fourth-order valence-corrected chi connectivity index (χ4v) is 3.57. The van der Waals surface area contributed by atoms with Gasteiger partial charge in [-0.15, -0.1) is 0 Å². The second-order valence-corrected chi connectivity index (χ2v) is 7.01. The predicted octanol–water partition coefficient (Wildman–Crippen LogP) is 3.31. The molecule has 0 aliphatic rings. The van der Waals surface area contributed by atoms with Gasteiger partial charge in [0, 0.05) is 29.5 Å². The summed E-state index contributed by atoms with van der Waals surface area (Å²) in [4.78, 5) is 23.0. The summed E-state index contributed by atoms with van der Waals surface area (Å²) in [6, 6.07) is 14.0. The number of hydrogen-bond acceptors (Lipinski definition) is 4. The molecular formula is C19H16FN2O3P. The largest absolute Gasteiger partial charge is 0.494 e. The first-order chi connectivity index (χ1) is 12.6. The zero-order chi connectivity index (χ0) is 18.3. The molecule has 0 spiro atoms. The van der Waals surface area contributed by atoms with Gasteiger partial charge in [0.05, 0.1) is 23.7 Å². The van der Waals surface area contributed by atoms with Crippen LogP contribution in [0.3, 0.4) is 0 Å². The summed E-state index contributed by atoms with van der Waals surface area (Å²) in [6.45, 7) is 0.506. The minimum atomic E-state index is -2.10. The number of rotatable bonds is 4. The molecule has 26 heavy (non-hydrogen) atoms. The zero-order valence-corrected chi connectivity index (χ0v) is 14.8. The predicted molar refractivity (Wildman–Crippen MR) is 100 cm³/mol. The molecule has 0 unspecified atom stereocenters. The Morgan fingerprint density at radius 3 is 2.58 bits per heavy atom. The molecule has 0 saturated carbocycles.